The van der Waals surface area contributed by atoms with E-state index in [0.717, 1.165) is 17.5 Å². The summed E-state index contributed by atoms with van der Waals surface area (Å²) in [6.07, 6.45) is -2.18. The monoisotopic (exact) mass is 385 g/mol. The zero-order chi connectivity index (χ0) is 15.6. The van der Waals surface area contributed by atoms with Gasteiger partial charge in [-0.15, -0.1) is 0 Å². The SMILES string of the molecule is O=[N+]([O-])c1cnn(CCNc2nc(C(F)(F)F)c(Br)s2)c1. The van der Waals surface area contributed by atoms with Gasteiger partial charge in [0, 0.05) is 6.54 Å². The van der Waals surface area contributed by atoms with Crippen molar-refractivity contribution in [3.05, 3.63) is 32.0 Å². The van der Waals surface area contributed by atoms with E-state index in [1.54, 1.807) is 0 Å². The van der Waals surface area contributed by atoms with Gasteiger partial charge in [-0.1, -0.05) is 11.3 Å². The highest BCUT2D eigenvalue weighted by atomic mass is 79.9. The van der Waals surface area contributed by atoms with Gasteiger partial charge in [-0.05, 0) is 15.9 Å². The van der Waals surface area contributed by atoms with E-state index in [1.807, 2.05) is 0 Å². The molecular weight excluding hydrogens is 379 g/mol. The first-order valence-electron chi connectivity index (χ1n) is 5.41. The molecule has 7 nitrogen and oxygen atoms in total. The van der Waals surface area contributed by atoms with E-state index in [0.29, 0.717) is 0 Å². The number of aromatic nitrogens is 3. The molecule has 0 aliphatic heterocycles. The third-order valence-electron chi connectivity index (χ3n) is 2.30. The number of rotatable bonds is 5. The minimum absolute atomic E-state index is 0.104. The molecule has 0 bridgehead atoms. The molecule has 2 heterocycles. The Labute approximate surface area is 128 Å². The van der Waals surface area contributed by atoms with Crippen LogP contribution in [0.25, 0.3) is 0 Å². The Hall–Kier alpha value is -1.69. The lowest BCUT2D eigenvalue weighted by Gasteiger charge is -2.03. The van der Waals surface area contributed by atoms with Gasteiger partial charge in [0.15, 0.2) is 10.8 Å². The van der Waals surface area contributed by atoms with Crippen molar-refractivity contribution in [2.75, 3.05) is 11.9 Å². The molecule has 0 atom stereocenters. The van der Waals surface area contributed by atoms with Crippen molar-refractivity contribution in [1.29, 1.82) is 0 Å². The summed E-state index contributed by atoms with van der Waals surface area (Å²) in [7, 11) is 0. The second-order valence-corrected chi connectivity index (χ2v) is 6.10. The van der Waals surface area contributed by atoms with Gasteiger partial charge in [-0.3, -0.25) is 14.8 Å². The second kappa shape index (κ2) is 5.97. The Morgan fingerprint density at radius 3 is 2.76 bits per heavy atom. The number of nitrogens with zero attached hydrogens (tertiary/aromatic N) is 4. The lowest BCUT2D eigenvalue weighted by Crippen LogP contribution is -2.11. The molecule has 0 fully saturated rings. The minimum Gasteiger partial charge on any atom is -0.360 e. The predicted molar refractivity (Wildman–Crippen MR) is 72.2 cm³/mol. The summed E-state index contributed by atoms with van der Waals surface area (Å²) in [6.45, 7) is 0.489. The molecule has 0 amide bonds. The normalized spacial score (nSPS) is 11.6. The van der Waals surface area contributed by atoms with Crippen molar-refractivity contribution in [3.8, 4) is 0 Å². The first-order valence-corrected chi connectivity index (χ1v) is 7.02. The van der Waals surface area contributed by atoms with Gasteiger partial charge in [-0.2, -0.15) is 18.3 Å². The fourth-order valence-corrected chi connectivity index (χ4v) is 2.91. The Morgan fingerprint density at radius 1 is 1.52 bits per heavy atom. The molecule has 0 saturated heterocycles. The van der Waals surface area contributed by atoms with Gasteiger partial charge < -0.3 is 5.32 Å². The summed E-state index contributed by atoms with van der Waals surface area (Å²) in [5.41, 5.74) is -1.13. The summed E-state index contributed by atoms with van der Waals surface area (Å²) >= 11 is 3.64. The maximum atomic E-state index is 12.5. The molecule has 0 radical (unpaired) electrons. The molecule has 1 N–H and O–H groups in total. The van der Waals surface area contributed by atoms with Crippen LogP contribution in [0.2, 0.25) is 0 Å². The number of thiazole rings is 1. The van der Waals surface area contributed by atoms with Crippen LogP contribution in [0.5, 0.6) is 0 Å². The summed E-state index contributed by atoms with van der Waals surface area (Å²) in [5, 5.41) is 17.0. The van der Waals surface area contributed by atoms with Gasteiger partial charge >= 0.3 is 11.9 Å². The molecule has 0 aliphatic rings. The molecule has 0 spiro atoms. The van der Waals surface area contributed by atoms with E-state index in [4.69, 9.17) is 0 Å². The highest BCUT2D eigenvalue weighted by molar-refractivity contribution is 9.11. The molecular formula is C9H7BrF3N5O2S. The van der Waals surface area contributed by atoms with Crippen LogP contribution in [-0.2, 0) is 12.7 Å². The van der Waals surface area contributed by atoms with E-state index in [-0.39, 0.29) is 27.7 Å². The minimum atomic E-state index is -4.52. The van der Waals surface area contributed by atoms with E-state index < -0.39 is 16.8 Å². The van der Waals surface area contributed by atoms with Crippen LogP contribution in [0.1, 0.15) is 5.69 Å². The lowest BCUT2D eigenvalue weighted by molar-refractivity contribution is -0.385. The molecule has 114 valence electrons. The van der Waals surface area contributed by atoms with Gasteiger partial charge in [0.25, 0.3) is 0 Å². The van der Waals surface area contributed by atoms with Gasteiger partial charge in [0.1, 0.15) is 16.2 Å². The Morgan fingerprint density at radius 2 is 2.24 bits per heavy atom. The fraction of sp³-hybridized carbons (Fsp3) is 0.333. The predicted octanol–water partition coefficient (Wildman–Crippen LogP) is 3.14. The van der Waals surface area contributed by atoms with Crippen LogP contribution in [0.15, 0.2) is 16.2 Å². The molecule has 2 rings (SSSR count). The largest absolute Gasteiger partial charge is 0.435 e. The van der Waals surface area contributed by atoms with E-state index in [2.05, 4.69) is 31.3 Å². The summed E-state index contributed by atoms with van der Waals surface area (Å²) in [6, 6.07) is 0. The molecule has 0 saturated carbocycles. The molecule has 0 aliphatic carbocycles. The number of nitrogens with one attached hydrogen (secondary N) is 1. The highest BCUT2D eigenvalue weighted by Gasteiger charge is 2.36. The molecule has 12 heteroatoms. The third kappa shape index (κ3) is 3.91. The van der Waals surface area contributed by atoms with E-state index in [1.165, 1.54) is 10.9 Å². The Balaban J connectivity index is 1.93. The number of hydrogen-bond donors (Lipinski definition) is 1. The third-order valence-corrected chi connectivity index (χ3v) is 3.96. The van der Waals surface area contributed by atoms with Crippen molar-refractivity contribution in [3.63, 3.8) is 0 Å². The van der Waals surface area contributed by atoms with Crippen LogP contribution in [0.3, 0.4) is 0 Å². The Bertz CT molecular complexity index is 656. The topological polar surface area (TPSA) is 85.9 Å². The molecule has 21 heavy (non-hydrogen) atoms. The van der Waals surface area contributed by atoms with Crippen molar-refractivity contribution in [2.45, 2.75) is 12.7 Å². The van der Waals surface area contributed by atoms with Crippen LogP contribution >= 0.6 is 27.3 Å². The van der Waals surface area contributed by atoms with Gasteiger partial charge in [0.05, 0.1) is 11.5 Å². The van der Waals surface area contributed by atoms with Crippen molar-refractivity contribution in [1.82, 2.24) is 14.8 Å². The zero-order valence-electron chi connectivity index (χ0n) is 10.1. The fourth-order valence-electron chi connectivity index (χ4n) is 1.40. The lowest BCUT2D eigenvalue weighted by atomic mass is 10.5. The zero-order valence-corrected chi connectivity index (χ0v) is 12.5. The van der Waals surface area contributed by atoms with Crippen LogP contribution in [0.4, 0.5) is 24.0 Å². The van der Waals surface area contributed by atoms with Crippen LogP contribution < -0.4 is 5.32 Å². The van der Waals surface area contributed by atoms with Crippen LogP contribution in [-0.4, -0.2) is 26.2 Å². The summed E-state index contributed by atoms with van der Waals surface area (Å²) in [4.78, 5) is 13.3. The smallest absolute Gasteiger partial charge is 0.360 e. The van der Waals surface area contributed by atoms with Crippen LogP contribution in [0, 0.1) is 10.1 Å². The maximum absolute atomic E-state index is 12.5. The van der Waals surface area contributed by atoms with Crippen molar-refractivity contribution >= 4 is 38.1 Å². The number of alkyl halides is 3. The second-order valence-electron chi connectivity index (χ2n) is 3.78. The van der Waals surface area contributed by atoms with E-state index >= 15 is 0 Å². The van der Waals surface area contributed by atoms with Gasteiger partial charge in [0.2, 0.25) is 0 Å². The summed E-state index contributed by atoms with van der Waals surface area (Å²) in [5.74, 6) is 0. The first kappa shape index (κ1) is 15.7. The van der Waals surface area contributed by atoms with E-state index in [9.17, 15) is 23.3 Å². The molecule has 2 aromatic rings. The summed E-state index contributed by atoms with van der Waals surface area (Å²) < 4.78 is 38.8. The van der Waals surface area contributed by atoms with Gasteiger partial charge in [-0.25, -0.2) is 4.98 Å². The number of anilines is 1. The number of halogens is 4. The number of hydrogen-bond acceptors (Lipinski definition) is 6. The average molecular weight is 386 g/mol. The van der Waals surface area contributed by atoms with Crippen molar-refractivity contribution in [2.24, 2.45) is 0 Å². The first-order chi connectivity index (χ1) is 9.77. The standard InChI is InChI=1S/C9H7BrF3N5O2S/c10-7-6(9(11,12)13)16-8(21-7)14-1-2-17-4-5(3-15-17)18(19)20/h3-4H,1-2H2,(H,14,16). The molecule has 0 aromatic carbocycles. The molecule has 0 unspecified atom stereocenters. The molecule has 2 aromatic heterocycles. The number of nitro groups is 1. The maximum Gasteiger partial charge on any atom is 0.435 e. The quantitative estimate of drug-likeness (QED) is 0.630. The van der Waals surface area contributed by atoms with Crippen molar-refractivity contribution < 1.29 is 18.1 Å². The highest BCUT2D eigenvalue weighted by Crippen LogP contribution is 2.39. The Kier molecular flexibility index (Phi) is 4.46. The average Bonchev–Trinajstić information content (AvgIpc) is 2.95.